The Kier molecular flexibility index (Phi) is 5.18. The van der Waals surface area contributed by atoms with E-state index in [-0.39, 0.29) is 0 Å². The van der Waals surface area contributed by atoms with Crippen LogP contribution in [-0.4, -0.2) is 53.8 Å². The Bertz CT molecular complexity index is 655. The van der Waals surface area contributed by atoms with Gasteiger partial charge in [0.25, 0.3) is 5.91 Å². The van der Waals surface area contributed by atoms with Gasteiger partial charge in [0.15, 0.2) is 5.41 Å². The molecule has 25 heavy (non-hydrogen) atoms. The number of barbiturate groups is 1. The van der Waals surface area contributed by atoms with Crippen molar-refractivity contribution in [3.8, 4) is 0 Å². The molecule has 0 saturated carbocycles. The van der Waals surface area contributed by atoms with Gasteiger partial charge in [-0.2, -0.15) is 0 Å². The second-order valence-corrected chi connectivity index (χ2v) is 6.74. The Morgan fingerprint density at radius 1 is 1.00 bits per heavy atom. The van der Waals surface area contributed by atoms with Gasteiger partial charge < -0.3 is 4.90 Å². The highest BCUT2D eigenvalue weighted by molar-refractivity contribution is 6.22. The number of carbonyl (C=O) groups is 3. The molecule has 0 aromatic heterocycles. The van der Waals surface area contributed by atoms with Crippen LogP contribution in [-0.2, 0) is 15.0 Å². The Morgan fingerprint density at radius 2 is 1.68 bits per heavy atom. The van der Waals surface area contributed by atoms with Crippen LogP contribution in [0.4, 0.5) is 4.79 Å². The number of rotatable bonds is 5. The van der Waals surface area contributed by atoms with E-state index >= 15 is 0 Å². The summed E-state index contributed by atoms with van der Waals surface area (Å²) in [6.07, 6.45) is 3.86. The van der Waals surface area contributed by atoms with E-state index < -0.39 is 23.3 Å². The van der Waals surface area contributed by atoms with Gasteiger partial charge in [-0.3, -0.25) is 19.8 Å². The molecular weight excluding hydrogens is 318 g/mol. The lowest BCUT2D eigenvalue weighted by Gasteiger charge is -2.40. The molecule has 1 aromatic carbocycles. The standard InChI is InChI=1S/C19H25N3O3/c1-2-19(15-9-5-3-6-10-15)16(23)20-18(25)22(17(19)24)14-13-21-11-7-4-8-12-21/h3,5-6,9-10H,2,4,7-8,11-14H2,1H3,(H,20,23,25). The van der Waals surface area contributed by atoms with Crippen molar-refractivity contribution in [2.24, 2.45) is 0 Å². The molecule has 2 saturated heterocycles. The molecule has 3 rings (SSSR count). The minimum absolute atomic E-state index is 0.312. The molecule has 134 valence electrons. The van der Waals surface area contributed by atoms with E-state index in [0.29, 0.717) is 25.1 Å². The van der Waals surface area contributed by atoms with E-state index in [1.54, 1.807) is 12.1 Å². The van der Waals surface area contributed by atoms with Crippen LogP contribution in [0.25, 0.3) is 0 Å². The van der Waals surface area contributed by atoms with Gasteiger partial charge in [0, 0.05) is 13.1 Å². The minimum atomic E-state index is -1.32. The van der Waals surface area contributed by atoms with Gasteiger partial charge in [-0.05, 0) is 37.9 Å². The van der Waals surface area contributed by atoms with Crippen molar-refractivity contribution < 1.29 is 14.4 Å². The number of carbonyl (C=O) groups excluding carboxylic acids is 3. The zero-order chi connectivity index (χ0) is 17.9. The zero-order valence-electron chi connectivity index (χ0n) is 14.7. The molecule has 6 heteroatoms. The summed E-state index contributed by atoms with van der Waals surface area (Å²) >= 11 is 0. The van der Waals surface area contributed by atoms with Gasteiger partial charge in [-0.15, -0.1) is 0 Å². The van der Waals surface area contributed by atoms with Crippen LogP contribution < -0.4 is 5.32 Å². The molecule has 0 radical (unpaired) electrons. The average Bonchev–Trinajstić information content (AvgIpc) is 2.64. The first-order valence-electron chi connectivity index (χ1n) is 9.05. The molecular formula is C19H25N3O3. The molecule has 1 atom stereocenters. The van der Waals surface area contributed by atoms with Crippen molar-refractivity contribution >= 4 is 17.8 Å². The smallest absolute Gasteiger partial charge is 0.302 e. The van der Waals surface area contributed by atoms with Gasteiger partial charge in [0.2, 0.25) is 5.91 Å². The van der Waals surface area contributed by atoms with Crippen LogP contribution in [0.2, 0.25) is 0 Å². The summed E-state index contributed by atoms with van der Waals surface area (Å²) in [6.45, 7) is 4.78. The molecule has 2 aliphatic heterocycles. The SMILES string of the molecule is CCC1(c2ccccc2)C(=O)NC(=O)N(CCN2CCCCC2)C1=O. The number of nitrogens with one attached hydrogen (secondary N) is 1. The van der Waals surface area contributed by atoms with Crippen LogP contribution in [0.15, 0.2) is 30.3 Å². The number of benzene rings is 1. The van der Waals surface area contributed by atoms with E-state index in [4.69, 9.17) is 0 Å². The summed E-state index contributed by atoms with van der Waals surface area (Å²) < 4.78 is 0. The van der Waals surface area contributed by atoms with Crippen LogP contribution in [0.5, 0.6) is 0 Å². The zero-order valence-corrected chi connectivity index (χ0v) is 14.7. The van der Waals surface area contributed by atoms with Crippen molar-refractivity contribution in [2.45, 2.75) is 38.0 Å². The number of urea groups is 1. The van der Waals surface area contributed by atoms with Crippen LogP contribution >= 0.6 is 0 Å². The molecule has 2 aliphatic rings. The number of imide groups is 2. The summed E-state index contributed by atoms with van der Waals surface area (Å²) in [5.74, 6) is -0.933. The average molecular weight is 343 g/mol. The third-order valence-electron chi connectivity index (χ3n) is 5.35. The maximum Gasteiger partial charge on any atom is 0.330 e. The number of nitrogens with zero attached hydrogens (tertiary/aromatic N) is 2. The van der Waals surface area contributed by atoms with Crippen molar-refractivity contribution in [3.05, 3.63) is 35.9 Å². The molecule has 1 aromatic rings. The topological polar surface area (TPSA) is 69.7 Å². The van der Waals surface area contributed by atoms with Crippen molar-refractivity contribution in [1.82, 2.24) is 15.1 Å². The van der Waals surface area contributed by atoms with Crippen LogP contribution in [0.1, 0.15) is 38.2 Å². The summed E-state index contributed by atoms with van der Waals surface area (Å²) in [5.41, 5.74) is -0.688. The fourth-order valence-corrected chi connectivity index (χ4v) is 3.81. The predicted octanol–water partition coefficient (Wildman–Crippen LogP) is 1.90. The lowest BCUT2D eigenvalue weighted by molar-refractivity contribution is -0.145. The Morgan fingerprint density at radius 3 is 2.32 bits per heavy atom. The van der Waals surface area contributed by atoms with Crippen molar-refractivity contribution in [3.63, 3.8) is 0 Å². The number of amides is 4. The fourth-order valence-electron chi connectivity index (χ4n) is 3.81. The molecule has 1 N–H and O–H groups in total. The summed E-state index contributed by atoms with van der Waals surface area (Å²) in [6, 6.07) is 8.41. The predicted molar refractivity (Wildman–Crippen MR) is 94.0 cm³/mol. The normalized spacial score (nSPS) is 25.2. The van der Waals surface area contributed by atoms with Crippen LogP contribution in [0.3, 0.4) is 0 Å². The Labute approximate surface area is 148 Å². The molecule has 2 fully saturated rings. The van der Waals surface area contributed by atoms with Gasteiger partial charge >= 0.3 is 6.03 Å². The summed E-state index contributed by atoms with van der Waals surface area (Å²) in [4.78, 5) is 41.6. The molecule has 4 amide bonds. The maximum absolute atomic E-state index is 13.2. The third kappa shape index (κ3) is 3.18. The second kappa shape index (κ2) is 7.35. The van der Waals surface area contributed by atoms with Gasteiger partial charge in [0.05, 0.1) is 0 Å². The van der Waals surface area contributed by atoms with E-state index in [1.807, 2.05) is 25.1 Å². The number of hydrogen-bond donors (Lipinski definition) is 1. The molecule has 1 unspecified atom stereocenters. The summed E-state index contributed by atoms with van der Waals surface area (Å²) in [7, 11) is 0. The first kappa shape index (κ1) is 17.6. The highest BCUT2D eigenvalue weighted by Gasteiger charge is 2.53. The minimum Gasteiger partial charge on any atom is -0.302 e. The van der Waals surface area contributed by atoms with Gasteiger partial charge in [0.1, 0.15) is 0 Å². The molecule has 2 heterocycles. The third-order valence-corrected chi connectivity index (χ3v) is 5.35. The van der Waals surface area contributed by atoms with Gasteiger partial charge in [-0.1, -0.05) is 43.7 Å². The maximum atomic E-state index is 13.2. The lowest BCUT2D eigenvalue weighted by Crippen LogP contribution is -2.66. The molecule has 6 nitrogen and oxygen atoms in total. The van der Waals surface area contributed by atoms with E-state index in [9.17, 15) is 14.4 Å². The first-order valence-corrected chi connectivity index (χ1v) is 9.05. The Balaban J connectivity index is 1.83. The van der Waals surface area contributed by atoms with Crippen LogP contribution in [0, 0.1) is 0 Å². The monoisotopic (exact) mass is 343 g/mol. The van der Waals surface area contributed by atoms with E-state index in [0.717, 1.165) is 25.9 Å². The summed E-state index contributed by atoms with van der Waals surface area (Å²) in [5, 5.41) is 2.40. The lowest BCUT2D eigenvalue weighted by atomic mass is 9.75. The number of hydrogen-bond acceptors (Lipinski definition) is 4. The first-order chi connectivity index (χ1) is 12.1. The highest BCUT2D eigenvalue weighted by Crippen LogP contribution is 2.33. The van der Waals surface area contributed by atoms with E-state index in [2.05, 4.69) is 10.2 Å². The highest BCUT2D eigenvalue weighted by atomic mass is 16.2. The van der Waals surface area contributed by atoms with Gasteiger partial charge in [-0.25, -0.2) is 4.79 Å². The number of piperidine rings is 1. The quantitative estimate of drug-likeness (QED) is 0.829. The number of likely N-dealkylation sites (tertiary alicyclic amines) is 1. The van der Waals surface area contributed by atoms with E-state index in [1.165, 1.54) is 11.3 Å². The van der Waals surface area contributed by atoms with Crippen molar-refractivity contribution in [2.75, 3.05) is 26.2 Å². The molecule has 0 aliphatic carbocycles. The fraction of sp³-hybridized carbons (Fsp3) is 0.526. The Hall–Kier alpha value is -2.21. The largest absolute Gasteiger partial charge is 0.330 e. The molecule has 0 bridgehead atoms. The van der Waals surface area contributed by atoms with Crippen molar-refractivity contribution in [1.29, 1.82) is 0 Å². The molecule has 0 spiro atoms. The second-order valence-electron chi connectivity index (χ2n) is 6.74.